The van der Waals surface area contributed by atoms with Crippen LogP contribution in [0.15, 0.2) is 28.8 Å². The Balaban J connectivity index is 1.52. The first kappa shape index (κ1) is 16.9. The number of hydrogen-bond donors (Lipinski definition) is 2. The van der Waals surface area contributed by atoms with Crippen molar-refractivity contribution in [1.82, 2.24) is 15.5 Å². The summed E-state index contributed by atoms with van der Waals surface area (Å²) in [4.78, 5) is 15.4. The second-order valence-electron chi connectivity index (χ2n) is 7.19. The lowest BCUT2D eigenvalue weighted by atomic mass is 10.1. The van der Waals surface area contributed by atoms with E-state index in [1.54, 1.807) is 0 Å². The predicted octanol–water partition coefficient (Wildman–Crippen LogP) is 4.70. The van der Waals surface area contributed by atoms with Gasteiger partial charge in [0.15, 0.2) is 0 Å². The summed E-state index contributed by atoms with van der Waals surface area (Å²) in [5.74, 6) is 0.892. The Morgan fingerprint density at radius 2 is 2.15 bits per heavy atom. The number of carbonyl (C=O) groups excluding carboxylic acids is 1. The predicted molar refractivity (Wildman–Crippen MR) is 103 cm³/mol. The van der Waals surface area contributed by atoms with Gasteiger partial charge in [-0.1, -0.05) is 29.8 Å². The largest absolute Gasteiger partial charge is 0.361 e. The quantitative estimate of drug-likeness (QED) is 0.684. The molecule has 1 aliphatic carbocycles. The average molecular weight is 370 g/mol. The topological polar surface area (TPSA) is 70.9 Å². The van der Waals surface area contributed by atoms with Crippen molar-refractivity contribution < 1.29 is 9.32 Å². The van der Waals surface area contributed by atoms with Crippen LogP contribution in [0.2, 0.25) is 5.02 Å². The number of carbonyl (C=O) groups is 1. The van der Waals surface area contributed by atoms with E-state index in [2.05, 4.69) is 15.5 Å². The Hall–Kier alpha value is -2.53. The number of hydrogen-bond acceptors (Lipinski definition) is 3. The highest BCUT2D eigenvalue weighted by Crippen LogP contribution is 2.45. The molecule has 0 saturated heterocycles. The molecule has 0 spiro atoms. The Labute approximate surface area is 156 Å². The molecule has 26 heavy (non-hydrogen) atoms. The second-order valence-corrected chi connectivity index (χ2v) is 7.60. The van der Waals surface area contributed by atoms with E-state index >= 15 is 0 Å². The molecular formula is C20H20ClN3O2. The van der Waals surface area contributed by atoms with Crippen LogP contribution in [0, 0.1) is 12.3 Å². The molecule has 2 N–H and O–H groups in total. The van der Waals surface area contributed by atoms with Gasteiger partial charge in [0.2, 0.25) is 5.91 Å². The molecule has 2 heterocycles. The normalized spacial score (nSPS) is 15.7. The SMILES string of the molecule is Cc1cc(C=Cc2cc3[nH]c(CNC(=O)C4(C)CC4)cc3cc2Cl)no1. The molecule has 3 aromatic rings. The fraction of sp³-hybridized carbons (Fsp3) is 0.300. The van der Waals surface area contributed by atoms with Crippen molar-refractivity contribution in [2.75, 3.05) is 0 Å². The zero-order valence-corrected chi connectivity index (χ0v) is 15.5. The van der Waals surface area contributed by atoms with Gasteiger partial charge < -0.3 is 14.8 Å². The van der Waals surface area contributed by atoms with Gasteiger partial charge in [-0.05, 0) is 49.6 Å². The number of amides is 1. The van der Waals surface area contributed by atoms with Gasteiger partial charge in [-0.2, -0.15) is 0 Å². The lowest BCUT2D eigenvalue weighted by Gasteiger charge is -2.08. The average Bonchev–Trinajstić information content (AvgIpc) is 3.04. The van der Waals surface area contributed by atoms with E-state index < -0.39 is 0 Å². The zero-order valence-electron chi connectivity index (χ0n) is 14.7. The van der Waals surface area contributed by atoms with E-state index in [1.165, 1.54) is 0 Å². The highest BCUT2D eigenvalue weighted by molar-refractivity contribution is 6.33. The first-order chi connectivity index (χ1) is 12.4. The molecule has 4 rings (SSSR count). The monoisotopic (exact) mass is 369 g/mol. The van der Waals surface area contributed by atoms with E-state index in [4.69, 9.17) is 16.1 Å². The molecule has 6 heteroatoms. The van der Waals surface area contributed by atoms with Gasteiger partial charge >= 0.3 is 0 Å². The molecule has 1 aromatic carbocycles. The van der Waals surface area contributed by atoms with Crippen LogP contribution < -0.4 is 5.32 Å². The maximum absolute atomic E-state index is 12.1. The molecule has 2 aromatic heterocycles. The first-order valence-corrected chi connectivity index (χ1v) is 9.02. The van der Waals surface area contributed by atoms with Crippen molar-refractivity contribution in [3.05, 3.63) is 52.0 Å². The fourth-order valence-corrected chi connectivity index (χ4v) is 3.13. The van der Waals surface area contributed by atoms with Crippen molar-refractivity contribution >= 4 is 40.6 Å². The van der Waals surface area contributed by atoms with Crippen LogP contribution in [0.4, 0.5) is 0 Å². The molecule has 134 valence electrons. The summed E-state index contributed by atoms with van der Waals surface area (Å²) in [6, 6.07) is 7.80. The van der Waals surface area contributed by atoms with Crippen molar-refractivity contribution in [2.24, 2.45) is 5.41 Å². The summed E-state index contributed by atoms with van der Waals surface area (Å²) >= 11 is 6.40. The number of halogens is 1. The highest BCUT2D eigenvalue weighted by atomic mass is 35.5. The summed E-state index contributed by atoms with van der Waals surface area (Å²) in [6.45, 7) is 4.35. The minimum atomic E-state index is -0.160. The summed E-state index contributed by atoms with van der Waals surface area (Å²) in [6.07, 6.45) is 5.73. The molecule has 1 fully saturated rings. The summed E-state index contributed by atoms with van der Waals surface area (Å²) in [7, 11) is 0. The maximum Gasteiger partial charge on any atom is 0.226 e. The van der Waals surface area contributed by atoms with Crippen LogP contribution in [-0.4, -0.2) is 16.0 Å². The van der Waals surface area contributed by atoms with Gasteiger partial charge in [-0.25, -0.2) is 0 Å². The Morgan fingerprint density at radius 3 is 2.85 bits per heavy atom. The molecular weight excluding hydrogens is 350 g/mol. The number of rotatable bonds is 5. The third-order valence-corrected chi connectivity index (χ3v) is 5.19. The van der Waals surface area contributed by atoms with Crippen LogP contribution >= 0.6 is 11.6 Å². The molecule has 1 amide bonds. The zero-order chi connectivity index (χ0) is 18.3. The number of aryl methyl sites for hydroxylation is 1. The number of benzene rings is 1. The molecule has 5 nitrogen and oxygen atoms in total. The number of aromatic amines is 1. The van der Waals surface area contributed by atoms with Gasteiger partial charge in [-0.3, -0.25) is 4.79 Å². The van der Waals surface area contributed by atoms with Crippen molar-refractivity contribution in [3.8, 4) is 0 Å². The summed E-state index contributed by atoms with van der Waals surface area (Å²) in [5, 5.41) is 8.63. The Kier molecular flexibility index (Phi) is 4.11. The molecule has 0 unspecified atom stereocenters. The van der Waals surface area contributed by atoms with Crippen molar-refractivity contribution in [2.45, 2.75) is 33.2 Å². The molecule has 0 aliphatic heterocycles. The standard InChI is InChI=1S/C20H20ClN3O2/c1-12-7-15(24-26-12)4-3-13-10-18-14(9-17(13)21)8-16(23-18)11-22-19(25)20(2)5-6-20/h3-4,7-10,23H,5-6,11H2,1-2H3,(H,22,25). The van der Waals surface area contributed by atoms with Crippen LogP contribution in [-0.2, 0) is 11.3 Å². The second kappa shape index (κ2) is 6.32. The van der Waals surface area contributed by atoms with E-state index in [0.717, 1.165) is 46.5 Å². The van der Waals surface area contributed by atoms with Crippen LogP contribution in [0.5, 0.6) is 0 Å². The lowest BCUT2D eigenvalue weighted by Crippen LogP contribution is -2.29. The van der Waals surface area contributed by atoms with Crippen LogP contribution in [0.25, 0.3) is 23.1 Å². The Morgan fingerprint density at radius 1 is 1.35 bits per heavy atom. The number of fused-ring (bicyclic) bond motifs is 1. The van der Waals surface area contributed by atoms with E-state index in [0.29, 0.717) is 11.6 Å². The van der Waals surface area contributed by atoms with E-state index in [-0.39, 0.29) is 11.3 Å². The molecule has 1 aliphatic rings. The lowest BCUT2D eigenvalue weighted by molar-refractivity contribution is -0.125. The summed E-state index contributed by atoms with van der Waals surface area (Å²) in [5.41, 5.74) is 3.42. The van der Waals surface area contributed by atoms with Gasteiger partial charge in [-0.15, -0.1) is 0 Å². The third-order valence-electron chi connectivity index (χ3n) is 4.86. The third kappa shape index (κ3) is 3.40. The van der Waals surface area contributed by atoms with E-state index in [1.807, 2.05) is 50.3 Å². The smallest absolute Gasteiger partial charge is 0.226 e. The minimum absolute atomic E-state index is 0.126. The van der Waals surface area contributed by atoms with Gasteiger partial charge in [0, 0.05) is 33.1 Å². The number of nitrogens with one attached hydrogen (secondary N) is 2. The van der Waals surface area contributed by atoms with Gasteiger partial charge in [0.1, 0.15) is 11.5 Å². The van der Waals surface area contributed by atoms with Crippen molar-refractivity contribution in [3.63, 3.8) is 0 Å². The van der Waals surface area contributed by atoms with Gasteiger partial charge in [0.05, 0.1) is 6.54 Å². The van der Waals surface area contributed by atoms with Gasteiger partial charge in [0.25, 0.3) is 0 Å². The molecule has 0 atom stereocenters. The number of aromatic nitrogens is 2. The number of H-pyrrole nitrogens is 1. The maximum atomic E-state index is 12.1. The summed E-state index contributed by atoms with van der Waals surface area (Å²) < 4.78 is 5.06. The minimum Gasteiger partial charge on any atom is -0.361 e. The number of nitrogens with zero attached hydrogens (tertiary/aromatic N) is 1. The molecule has 0 bridgehead atoms. The highest BCUT2D eigenvalue weighted by Gasteiger charge is 2.44. The fourth-order valence-electron chi connectivity index (χ4n) is 2.90. The first-order valence-electron chi connectivity index (χ1n) is 8.64. The van der Waals surface area contributed by atoms with Crippen molar-refractivity contribution in [1.29, 1.82) is 0 Å². The molecule has 1 saturated carbocycles. The van der Waals surface area contributed by atoms with Crippen LogP contribution in [0.1, 0.15) is 42.5 Å². The molecule has 0 radical (unpaired) electrons. The Bertz CT molecular complexity index is 1010. The van der Waals surface area contributed by atoms with Crippen LogP contribution in [0.3, 0.4) is 0 Å². The van der Waals surface area contributed by atoms with E-state index in [9.17, 15) is 4.79 Å².